The molecular weight excluding hydrogens is 258 g/mol. The Kier molecular flexibility index (Phi) is 6.30. The van der Waals surface area contributed by atoms with Gasteiger partial charge in [0.25, 0.3) is 0 Å². The molecule has 0 saturated heterocycles. The SMILES string of the molecule is Cl.Nc1ccc(N)c(/C=C/C(=O)NCC(=O)O)c1. The van der Waals surface area contributed by atoms with Gasteiger partial charge in [-0.15, -0.1) is 12.4 Å². The summed E-state index contributed by atoms with van der Waals surface area (Å²) in [6.07, 6.45) is 2.68. The second-order valence-electron chi connectivity index (χ2n) is 3.33. The number of carboxylic acid groups (broad SMARTS) is 1. The molecule has 0 unspecified atom stereocenters. The van der Waals surface area contributed by atoms with Gasteiger partial charge in [-0.3, -0.25) is 9.59 Å². The van der Waals surface area contributed by atoms with Crippen LogP contribution in [-0.4, -0.2) is 23.5 Å². The molecule has 0 aliphatic rings. The molecule has 6 nitrogen and oxygen atoms in total. The molecule has 0 spiro atoms. The molecule has 0 saturated carbocycles. The number of hydrogen-bond acceptors (Lipinski definition) is 4. The normalized spacial score (nSPS) is 9.78. The number of carbonyl (C=O) groups excluding carboxylic acids is 1. The van der Waals surface area contributed by atoms with Crippen LogP contribution in [0.3, 0.4) is 0 Å². The summed E-state index contributed by atoms with van der Waals surface area (Å²) in [4.78, 5) is 21.4. The number of anilines is 2. The fourth-order valence-corrected chi connectivity index (χ4v) is 1.12. The summed E-state index contributed by atoms with van der Waals surface area (Å²) in [6, 6.07) is 4.90. The first-order valence-electron chi connectivity index (χ1n) is 4.82. The smallest absolute Gasteiger partial charge is 0.322 e. The summed E-state index contributed by atoms with van der Waals surface area (Å²) >= 11 is 0. The average Bonchev–Trinajstić information content (AvgIpc) is 2.27. The van der Waals surface area contributed by atoms with Gasteiger partial charge in [-0.25, -0.2) is 0 Å². The van der Waals surface area contributed by atoms with Crippen LogP contribution in [0.15, 0.2) is 24.3 Å². The molecule has 0 aliphatic carbocycles. The number of halogens is 1. The minimum Gasteiger partial charge on any atom is -0.480 e. The number of rotatable bonds is 4. The zero-order valence-electron chi connectivity index (χ0n) is 9.42. The molecule has 0 aliphatic heterocycles. The topological polar surface area (TPSA) is 118 Å². The summed E-state index contributed by atoms with van der Waals surface area (Å²) in [5, 5.41) is 10.5. The van der Waals surface area contributed by atoms with E-state index in [0.717, 1.165) is 0 Å². The Morgan fingerprint density at radius 1 is 1.33 bits per heavy atom. The molecule has 6 N–H and O–H groups in total. The number of nitrogens with one attached hydrogen (secondary N) is 1. The van der Waals surface area contributed by atoms with Crippen molar-refractivity contribution in [2.75, 3.05) is 18.0 Å². The Balaban J connectivity index is 0.00000289. The van der Waals surface area contributed by atoms with Crippen molar-refractivity contribution in [3.8, 4) is 0 Å². The molecule has 0 fully saturated rings. The van der Waals surface area contributed by atoms with E-state index >= 15 is 0 Å². The van der Waals surface area contributed by atoms with Crippen LogP contribution in [-0.2, 0) is 9.59 Å². The maximum atomic E-state index is 11.2. The lowest BCUT2D eigenvalue weighted by Gasteiger charge is -2.01. The first-order chi connectivity index (χ1) is 7.99. The van der Waals surface area contributed by atoms with Crippen molar-refractivity contribution in [3.05, 3.63) is 29.8 Å². The fourth-order valence-electron chi connectivity index (χ4n) is 1.12. The van der Waals surface area contributed by atoms with E-state index in [9.17, 15) is 9.59 Å². The van der Waals surface area contributed by atoms with Gasteiger partial charge >= 0.3 is 5.97 Å². The third kappa shape index (κ3) is 5.22. The Bertz CT molecular complexity index is 475. The van der Waals surface area contributed by atoms with Gasteiger partial charge in [-0.05, 0) is 29.8 Å². The number of benzene rings is 1. The highest BCUT2D eigenvalue weighted by Crippen LogP contribution is 2.16. The maximum absolute atomic E-state index is 11.2. The number of carboxylic acids is 1. The number of carbonyl (C=O) groups is 2. The Morgan fingerprint density at radius 2 is 2.00 bits per heavy atom. The Morgan fingerprint density at radius 3 is 2.61 bits per heavy atom. The molecule has 1 aromatic rings. The van der Waals surface area contributed by atoms with Crippen LogP contribution >= 0.6 is 12.4 Å². The van der Waals surface area contributed by atoms with Gasteiger partial charge in [0.05, 0.1) is 0 Å². The van der Waals surface area contributed by atoms with Gasteiger partial charge in [0, 0.05) is 17.5 Å². The van der Waals surface area contributed by atoms with Gasteiger partial charge in [0.15, 0.2) is 0 Å². The molecule has 98 valence electrons. The van der Waals surface area contributed by atoms with Crippen LogP contribution in [0.1, 0.15) is 5.56 Å². The van der Waals surface area contributed by atoms with Crippen LogP contribution in [0.2, 0.25) is 0 Å². The van der Waals surface area contributed by atoms with E-state index in [1.165, 1.54) is 12.2 Å². The average molecular weight is 272 g/mol. The third-order valence-electron chi connectivity index (χ3n) is 1.94. The highest BCUT2D eigenvalue weighted by atomic mass is 35.5. The number of amides is 1. The molecule has 0 heterocycles. The summed E-state index contributed by atoms with van der Waals surface area (Å²) in [5.41, 5.74) is 12.9. The highest BCUT2D eigenvalue weighted by molar-refractivity contribution is 5.94. The first-order valence-corrected chi connectivity index (χ1v) is 4.82. The van der Waals surface area contributed by atoms with E-state index in [4.69, 9.17) is 16.6 Å². The number of hydrogen-bond donors (Lipinski definition) is 4. The lowest BCUT2D eigenvalue weighted by atomic mass is 10.1. The summed E-state index contributed by atoms with van der Waals surface area (Å²) in [7, 11) is 0. The predicted octanol–water partition coefficient (Wildman–Crippen LogP) is 0.487. The van der Waals surface area contributed by atoms with Crippen molar-refractivity contribution in [2.45, 2.75) is 0 Å². The quantitative estimate of drug-likeness (QED) is 0.469. The van der Waals surface area contributed by atoms with Crippen LogP contribution in [0.25, 0.3) is 6.08 Å². The zero-order chi connectivity index (χ0) is 12.8. The number of aliphatic carboxylic acids is 1. The second kappa shape index (κ2) is 7.18. The summed E-state index contributed by atoms with van der Waals surface area (Å²) in [6.45, 7) is -0.421. The number of nitrogen functional groups attached to an aromatic ring is 2. The van der Waals surface area contributed by atoms with E-state index in [1.54, 1.807) is 18.2 Å². The Hall–Kier alpha value is -2.21. The molecule has 0 atom stereocenters. The molecule has 1 amide bonds. The molecule has 0 radical (unpaired) electrons. The molecule has 1 aromatic carbocycles. The maximum Gasteiger partial charge on any atom is 0.322 e. The highest BCUT2D eigenvalue weighted by Gasteiger charge is 2.00. The van der Waals surface area contributed by atoms with E-state index in [-0.39, 0.29) is 12.4 Å². The van der Waals surface area contributed by atoms with E-state index in [1.807, 2.05) is 0 Å². The second-order valence-corrected chi connectivity index (χ2v) is 3.33. The summed E-state index contributed by atoms with van der Waals surface area (Å²) in [5.74, 6) is -1.61. The summed E-state index contributed by atoms with van der Waals surface area (Å²) < 4.78 is 0. The van der Waals surface area contributed by atoms with Gasteiger partial charge in [0.2, 0.25) is 5.91 Å². The van der Waals surface area contributed by atoms with E-state index < -0.39 is 18.4 Å². The van der Waals surface area contributed by atoms with Gasteiger partial charge in [0.1, 0.15) is 6.54 Å². The monoisotopic (exact) mass is 271 g/mol. The van der Waals surface area contributed by atoms with Crippen molar-refractivity contribution in [1.29, 1.82) is 0 Å². The molecular formula is C11H14ClN3O3. The van der Waals surface area contributed by atoms with Crippen molar-refractivity contribution in [1.82, 2.24) is 5.32 Å². The number of nitrogens with two attached hydrogens (primary N) is 2. The minimum atomic E-state index is -1.10. The molecule has 1 rings (SSSR count). The van der Waals surface area contributed by atoms with Crippen LogP contribution in [0.5, 0.6) is 0 Å². The van der Waals surface area contributed by atoms with Gasteiger partial charge < -0.3 is 21.9 Å². The van der Waals surface area contributed by atoms with Gasteiger partial charge in [-0.1, -0.05) is 0 Å². The first kappa shape index (κ1) is 15.8. The lowest BCUT2D eigenvalue weighted by molar-refractivity contribution is -0.137. The van der Waals surface area contributed by atoms with Crippen molar-refractivity contribution >= 4 is 41.7 Å². The van der Waals surface area contributed by atoms with Crippen molar-refractivity contribution in [3.63, 3.8) is 0 Å². The van der Waals surface area contributed by atoms with E-state index in [2.05, 4.69) is 5.32 Å². The third-order valence-corrected chi connectivity index (χ3v) is 1.94. The van der Waals surface area contributed by atoms with Crippen molar-refractivity contribution in [2.24, 2.45) is 0 Å². The molecule has 0 bridgehead atoms. The molecule has 0 aromatic heterocycles. The van der Waals surface area contributed by atoms with Crippen LogP contribution in [0, 0.1) is 0 Å². The Labute approximate surface area is 110 Å². The molecule has 7 heteroatoms. The molecule has 18 heavy (non-hydrogen) atoms. The lowest BCUT2D eigenvalue weighted by Crippen LogP contribution is -2.27. The zero-order valence-corrected chi connectivity index (χ0v) is 10.2. The predicted molar refractivity (Wildman–Crippen MR) is 72.2 cm³/mol. The largest absolute Gasteiger partial charge is 0.480 e. The van der Waals surface area contributed by atoms with Crippen LogP contribution < -0.4 is 16.8 Å². The van der Waals surface area contributed by atoms with Gasteiger partial charge in [-0.2, -0.15) is 0 Å². The standard InChI is InChI=1S/C11H13N3O3.ClH/c12-8-2-3-9(13)7(5-8)1-4-10(15)14-6-11(16)17;/h1-5H,6,12-13H2,(H,14,15)(H,16,17);1H/b4-1+;. The van der Waals surface area contributed by atoms with Crippen LogP contribution in [0.4, 0.5) is 11.4 Å². The fraction of sp³-hybridized carbons (Fsp3) is 0.0909. The minimum absolute atomic E-state index is 0. The van der Waals surface area contributed by atoms with Crippen molar-refractivity contribution < 1.29 is 14.7 Å². The van der Waals surface area contributed by atoms with E-state index in [0.29, 0.717) is 16.9 Å².